The fourth-order valence-corrected chi connectivity index (χ4v) is 3.33. The van der Waals surface area contributed by atoms with Gasteiger partial charge in [0.2, 0.25) is 5.91 Å². The molecule has 120 valence electrons. The second-order valence-corrected chi connectivity index (χ2v) is 6.26. The van der Waals surface area contributed by atoms with Crippen molar-refractivity contribution < 1.29 is 14.3 Å². The van der Waals surface area contributed by atoms with Crippen LogP contribution in [0.1, 0.15) is 5.56 Å². The first-order chi connectivity index (χ1) is 10.7. The normalized spacial score (nSPS) is 25.6. The lowest BCUT2D eigenvalue weighted by molar-refractivity contribution is -0.130. The van der Waals surface area contributed by atoms with Crippen LogP contribution in [0.25, 0.3) is 0 Å². The molecule has 0 spiro atoms. The number of hydrogen-bond donors (Lipinski definition) is 0. The van der Waals surface area contributed by atoms with E-state index in [0.29, 0.717) is 12.3 Å². The Labute approximate surface area is 131 Å². The second-order valence-electron chi connectivity index (χ2n) is 6.26. The van der Waals surface area contributed by atoms with Crippen LogP contribution in [0, 0.1) is 5.92 Å². The molecule has 2 atom stereocenters. The lowest BCUT2D eigenvalue weighted by Gasteiger charge is -2.19. The largest absolute Gasteiger partial charge is 0.497 e. The van der Waals surface area contributed by atoms with E-state index in [1.54, 1.807) is 7.11 Å². The molecule has 0 N–H and O–H groups in total. The quantitative estimate of drug-likeness (QED) is 0.836. The molecule has 0 saturated carbocycles. The summed E-state index contributed by atoms with van der Waals surface area (Å²) >= 11 is 0. The molecule has 2 aliphatic rings. The van der Waals surface area contributed by atoms with E-state index >= 15 is 0 Å². The van der Waals surface area contributed by atoms with Crippen molar-refractivity contribution in [2.24, 2.45) is 5.92 Å². The molecule has 2 saturated heterocycles. The van der Waals surface area contributed by atoms with Crippen molar-refractivity contribution in [2.75, 3.05) is 46.9 Å². The molecule has 1 aromatic carbocycles. The summed E-state index contributed by atoms with van der Waals surface area (Å²) in [6.07, 6.45) is 0.617. The van der Waals surface area contributed by atoms with Crippen LogP contribution in [0.2, 0.25) is 0 Å². The van der Waals surface area contributed by atoms with Crippen LogP contribution in [0.15, 0.2) is 24.3 Å². The molecule has 5 nitrogen and oxygen atoms in total. The van der Waals surface area contributed by atoms with Gasteiger partial charge < -0.3 is 19.3 Å². The van der Waals surface area contributed by atoms with Gasteiger partial charge in [0.15, 0.2) is 0 Å². The highest BCUT2D eigenvalue weighted by molar-refractivity contribution is 5.79. The Hall–Kier alpha value is -1.59. The fourth-order valence-electron chi connectivity index (χ4n) is 3.33. The van der Waals surface area contributed by atoms with Gasteiger partial charge in [-0.05, 0) is 24.7 Å². The zero-order chi connectivity index (χ0) is 15.5. The molecule has 2 heterocycles. The van der Waals surface area contributed by atoms with Crippen molar-refractivity contribution in [1.29, 1.82) is 0 Å². The summed E-state index contributed by atoms with van der Waals surface area (Å²) in [5.41, 5.74) is 0.995. The maximum Gasteiger partial charge on any atom is 0.227 e. The number of hydrogen-bond acceptors (Lipinski definition) is 4. The highest BCUT2D eigenvalue weighted by Gasteiger charge is 2.37. The van der Waals surface area contributed by atoms with Gasteiger partial charge in [0.05, 0.1) is 26.2 Å². The summed E-state index contributed by atoms with van der Waals surface area (Å²) in [6, 6.07) is 7.72. The molecular formula is C17H24N2O3. The number of rotatable bonds is 3. The van der Waals surface area contributed by atoms with Gasteiger partial charge in [-0.15, -0.1) is 0 Å². The smallest absolute Gasteiger partial charge is 0.227 e. The van der Waals surface area contributed by atoms with Crippen LogP contribution < -0.4 is 4.74 Å². The maximum absolute atomic E-state index is 12.5. The monoisotopic (exact) mass is 304 g/mol. The number of likely N-dealkylation sites (tertiary alicyclic amines) is 1. The second kappa shape index (κ2) is 6.67. The lowest BCUT2D eigenvalue weighted by atomic mass is 10.1. The number of ether oxygens (including phenoxy) is 2. The molecule has 1 amide bonds. The molecule has 0 bridgehead atoms. The minimum absolute atomic E-state index is 0.174. The van der Waals surface area contributed by atoms with E-state index in [1.165, 1.54) is 0 Å². The Bertz CT molecular complexity index is 534. The van der Waals surface area contributed by atoms with Gasteiger partial charge in [-0.25, -0.2) is 0 Å². The van der Waals surface area contributed by atoms with E-state index in [2.05, 4.69) is 11.9 Å². The molecule has 3 rings (SSSR count). The van der Waals surface area contributed by atoms with Crippen LogP contribution >= 0.6 is 0 Å². The predicted octanol–water partition coefficient (Wildman–Crippen LogP) is 1.03. The number of fused-ring (bicyclic) bond motifs is 1. The molecule has 5 heteroatoms. The van der Waals surface area contributed by atoms with Crippen molar-refractivity contribution in [3.63, 3.8) is 0 Å². The molecule has 0 aliphatic carbocycles. The molecule has 0 unspecified atom stereocenters. The summed E-state index contributed by atoms with van der Waals surface area (Å²) in [6.45, 7) is 4.27. The van der Waals surface area contributed by atoms with Crippen molar-refractivity contribution >= 4 is 5.91 Å². The highest BCUT2D eigenvalue weighted by atomic mass is 16.5. The Morgan fingerprint density at radius 2 is 2.23 bits per heavy atom. The summed E-state index contributed by atoms with van der Waals surface area (Å²) in [7, 11) is 3.76. The molecule has 0 aromatic heterocycles. The number of amides is 1. The van der Waals surface area contributed by atoms with Crippen LogP contribution in [0.4, 0.5) is 0 Å². The number of carbonyl (C=O) groups is 1. The van der Waals surface area contributed by atoms with Gasteiger partial charge in [-0.1, -0.05) is 12.1 Å². The van der Waals surface area contributed by atoms with Crippen LogP contribution in [-0.4, -0.2) is 68.8 Å². The topological polar surface area (TPSA) is 42.0 Å². The Morgan fingerprint density at radius 1 is 1.36 bits per heavy atom. The van der Waals surface area contributed by atoms with Gasteiger partial charge in [0, 0.05) is 32.1 Å². The van der Waals surface area contributed by atoms with Gasteiger partial charge in [0.25, 0.3) is 0 Å². The molecule has 2 aliphatic heterocycles. The first kappa shape index (κ1) is 15.3. The zero-order valence-corrected chi connectivity index (χ0v) is 13.3. The standard InChI is InChI=1S/C17H24N2O3/c1-18-6-7-22-16-12-19(11-14(16)10-18)17(20)9-13-4-3-5-15(8-13)21-2/h3-5,8,14,16H,6-7,9-12H2,1-2H3/t14-,16+/m1/s1. The van der Waals surface area contributed by atoms with E-state index in [0.717, 1.165) is 44.1 Å². The maximum atomic E-state index is 12.5. The summed E-state index contributed by atoms with van der Waals surface area (Å²) in [5, 5.41) is 0. The van der Waals surface area contributed by atoms with Crippen molar-refractivity contribution in [2.45, 2.75) is 12.5 Å². The SMILES string of the molecule is COc1cccc(CC(=O)N2C[C@H]3CN(C)CCO[C@H]3C2)c1. The first-order valence-electron chi connectivity index (χ1n) is 7.86. The molecule has 22 heavy (non-hydrogen) atoms. The van der Waals surface area contributed by atoms with Crippen molar-refractivity contribution in [3.05, 3.63) is 29.8 Å². The Morgan fingerprint density at radius 3 is 3.05 bits per heavy atom. The minimum atomic E-state index is 0.174. The van der Waals surface area contributed by atoms with Crippen LogP contribution in [-0.2, 0) is 16.0 Å². The summed E-state index contributed by atoms with van der Waals surface area (Å²) < 4.78 is 11.1. The number of methoxy groups -OCH3 is 1. The molecule has 2 fully saturated rings. The minimum Gasteiger partial charge on any atom is -0.497 e. The predicted molar refractivity (Wildman–Crippen MR) is 84.0 cm³/mol. The number of nitrogens with zero attached hydrogens (tertiary/aromatic N) is 2. The average Bonchev–Trinajstić information content (AvgIpc) is 2.82. The third-order valence-corrected chi connectivity index (χ3v) is 4.57. The van der Waals surface area contributed by atoms with E-state index in [1.807, 2.05) is 29.2 Å². The van der Waals surface area contributed by atoms with E-state index in [-0.39, 0.29) is 12.0 Å². The number of likely N-dealkylation sites (N-methyl/N-ethyl adjacent to an activating group) is 1. The van der Waals surface area contributed by atoms with Gasteiger partial charge in [0.1, 0.15) is 5.75 Å². The lowest BCUT2D eigenvalue weighted by Crippen LogP contribution is -2.33. The molecule has 0 radical (unpaired) electrons. The average molecular weight is 304 g/mol. The first-order valence-corrected chi connectivity index (χ1v) is 7.86. The van der Waals surface area contributed by atoms with Crippen molar-refractivity contribution in [3.8, 4) is 5.75 Å². The number of carbonyl (C=O) groups excluding carboxylic acids is 1. The summed E-state index contributed by atoms with van der Waals surface area (Å²) in [5.74, 6) is 1.40. The molecular weight excluding hydrogens is 280 g/mol. The summed E-state index contributed by atoms with van der Waals surface area (Å²) in [4.78, 5) is 16.8. The fraction of sp³-hybridized carbons (Fsp3) is 0.588. The van der Waals surface area contributed by atoms with Crippen LogP contribution in [0.5, 0.6) is 5.75 Å². The van der Waals surface area contributed by atoms with E-state index in [4.69, 9.17) is 9.47 Å². The Balaban J connectivity index is 1.61. The Kier molecular flexibility index (Phi) is 4.64. The van der Waals surface area contributed by atoms with Crippen LogP contribution in [0.3, 0.4) is 0 Å². The highest BCUT2D eigenvalue weighted by Crippen LogP contribution is 2.24. The third kappa shape index (κ3) is 3.42. The number of benzene rings is 1. The third-order valence-electron chi connectivity index (χ3n) is 4.57. The zero-order valence-electron chi connectivity index (χ0n) is 13.3. The van der Waals surface area contributed by atoms with Crippen molar-refractivity contribution in [1.82, 2.24) is 9.80 Å². The van der Waals surface area contributed by atoms with E-state index in [9.17, 15) is 4.79 Å². The molecule has 1 aromatic rings. The van der Waals surface area contributed by atoms with E-state index < -0.39 is 0 Å². The van der Waals surface area contributed by atoms with Gasteiger partial charge in [-0.2, -0.15) is 0 Å². The van der Waals surface area contributed by atoms with Gasteiger partial charge in [-0.3, -0.25) is 4.79 Å². The van der Waals surface area contributed by atoms with Gasteiger partial charge >= 0.3 is 0 Å².